The van der Waals surface area contributed by atoms with E-state index in [1.165, 1.54) is 0 Å². The molecule has 5 N–H and O–H groups in total. The molecule has 2 aromatic heterocycles. The molecule has 0 aliphatic carbocycles. The molecule has 0 aromatic carbocycles. The first-order valence-electron chi connectivity index (χ1n) is 8.84. The number of H-pyrrole nitrogens is 2. The van der Waals surface area contributed by atoms with Crippen LogP contribution in [-0.4, -0.2) is 48.0 Å². The van der Waals surface area contributed by atoms with Crippen LogP contribution in [0, 0.1) is 0 Å². The van der Waals surface area contributed by atoms with E-state index in [9.17, 15) is 9.59 Å². The van der Waals surface area contributed by atoms with Gasteiger partial charge in [-0.3, -0.25) is 9.59 Å². The van der Waals surface area contributed by atoms with Crippen molar-refractivity contribution in [3.8, 4) is 0 Å². The van der Waals surface area contributed by atoms with Crippen molar-refractivity contribution >= 4 is 91.5 Å². The molecule has 0 fully saturated rings. The van der Waals surface area contributed by atoms with E-state index in [0.29, 0.717) is 29.0 Å². The molecule has 0 aliphatic heterocycles. The summed E-state index contributed by atoms with van der Waals surface area (Å²) in [6.45, 7) is 2.90. The van der Waals surface area contributed by atoms with Crippen LogP contribution in [0.1, 0.15) is 40.2 Å². The molecular formula is C17H20Br5N5O2. The van der Waals surface area contributed by atoms with E-state index >= 15 is 0 Å². The number of hydrogen-bond acceptors (Lipinski definition) is 3. The van der Waals surface area contributed by atoms with Gasteiger partial charge in [-0.15, -0.1) is 0 Å². The van der Waals surface area contributed by atoms with Gasteiger partial charge in [-0.1, -0.05) is 0 Å². The highest BCUT2D eigenvalue weighted by Gasteiger charge is 2.17. The van der Waals surface area contributed by atoms with Crippen LogP contribution in [0.4, 0.5) is 0 Å². The van der Waals surface area contributed by atoms with E-state index < -0.39 is 0 Å². The van der Waals surface area contributed by atoms with Gasteiger partial charge in [-0.2, -0.15) is 0 Å². The van der Waals surface area contributed by atoms with Gasteiger partial charge in [-0.05, 0) is 118 Å². The van der Waals surface area contributed by atoms with Crippen LogP contribution in [0.2, 0.25) is 0 Å². The highest BCUT2D eigenvalue weighted by Crippen LogP contribution is 2.33. The maximum Gasteiger partial charge on any atom is 0.268 e. The average Bonchev–Trinajstić information content (AvgIpc) is 3.16. The van der Waals surface area contributed by atoms with Gasteiger partial charge < -0.3 is 25.9 Å². The molecule has 2 amide bonds. The summed E-state index contributed by atoms with van der Waals surface area (Å²) in [6.07, 6.45) is 2.69. The van der Waals surface area contributed by atoms with Crippen molar-refractivity contribution in [2.24, 2.45) is 0 Å². The summed E-state index contributed by atoms with van der Waals surface area (Å²) in [5, 5.41) is 9.11. The smallest absolute Gasteiger partial charge is 0.268 e. The maximum atomic E-state index is 12.1. The van der Waals surface area contributed by atoms with E-state index in [1.54, 1.807) is 6.07 Å². The number of nitrogens with one attached hydrogen (secondary N) is 5. The minimum Gasteiger partial charge on any atom is -0.351 e. The lowest BCUT2D eigenvalue weighted by atomic mass is 10.3. The van der Waals surface area contributed by atoms with Gasteiger partial charge in [0.2, 0.25) is 0 Å². The van der Waals surface area contributed by atoms with Gasteiger partial charge in [0, 0.05) is 13.1 Å². The second kappa shape index (κ2) is 12.7. The monoisotopic (exact) mass is 721 g/mol. The molecule has 0 aliphatic rings. The normalized spacial score (nSPS) is 10.9. The third-order valence-electron chi connectivity index (χ3n) is 3.92. The number of rotatable bonds is 11. The number of unbranched alkanes of at least 4 members (excludes halogenated alkanes) is 1. The molecule has 12 heteroatoms. The Hall–Kier alpha value is -0.140. The van der Waals surface area contributed by atoms with Crippen molar-refractivity contribution in [2.45, 2.75) is 19.3 Å². The van der Waals surface area contributed by atoms with E-state index in [-0.39, 0.29) is 11.8 Å². The van der Waals surface area contributed by atoms with Crippen molar-refractivity contribution < 1.29 is 9.59 Å². The van der Waals surface area contributed by atoms with Gasteiger partial charge in [0.1, 0.15) is 11.4 Å². The summed E-state index contributed by atoms with van der Waals surface area (Å²) < 4.78 is 3.78. The number of hydrogen-bond donors (Lipinski definition) is 5. The quantitative estimate of drug-likeness (QED) is 0.209. The van der Waals surface area contributed by atoms with E-state index in [2.05, 4.69) is 106 Å². The Morgan fingerprint density at radius 1 is 0.759 bits per heavy atom. The Labute approximate surface area is 211 Å². The Morgan fingerprint density at radius 3 is 2.00 bits per heavy atom. The molecule has 2 heterocycles. The molecule has 29 heavy (non-hydrogen) atoms. The number of halogens is 5. The summed E-state index contributed by atoms with van der Waals surface area (Å²) in [7, 11) is 0. The third-order valence-corrected chi connectivity index (χ3v) is 8.95. The van der Waals surface area contributed by atoms with Crippen molar-refractivity contribution in [3.63, 3.8) is 0 Å². The second-order valence-electron chi connectivity index (χ2n) is 6.11. The number of carbonyl (C=O) groups is 2. The summed E-state index contributed by atoms with van der Waals surface area (Å²) >= 11 is 16.8. The molecule has 0 unspecified atom stereocenters. The maximum absolute atomic E-state index is 12.1. The highest BCUT2D eigenvalue weighted by atomic mass is 79.9. The molecule has 0 atom stereocenters. The Balaban J connectivity index is 1.48. The first-order chi connectivity index (χ1) is 13.8. The summed E-state index contributed by atoms with van der Waals surface area (Å²) in [4.78, 5) is 30.0. The predicted octanol–water partition coefficient (Wildman–Crippen LogP) is 5.08. The fourth-order valence-electron chi connectivity index (χ4n) is 2.41. The van der Waals surface area contributed by atoms with Gasteiger partial charge in [0.25, 0.3) is 11.8 Å². The minimum absolute atomic E-state index is 0.118. The molecular weight excluding hydrogens is 706 g/mol. The van der Waals surface area contributed by atoms with Crippen LogP contribution in [0.5, 0.6) is 0 Å². The van der Waals surface area contributed by atoms with Crippen LogP contribution < -0.4 is 16.0 Å². The van der Waals surface area contributed by atoms with Gasteiger partial charge in [0.15, 0.2) is 0 Å². The molecule has 0 spiro atoms. The molecule has 160 valence electrons. The standard InChI is InChI=1S/C17H20Br5N5O2/c18-9-8-10(26-14(9)21)16(28)24-6-2-1-4-23-5-3-7-25-17(29)13-11(19)12(20)15(22)27-13/h8,23,26-27H,1-7H2,(H,24,28)(H,25,29). The first kappa shape index (κ1) is 25.1. The largest absolute Gasteiger partial charge is 0.351 e. The lowest BCUT2D eigenvalue weighted by Gasteiger charge is -2.07. The van der Waals surface area contributed by atoms with Crippen LogP contribution in [0.25, 0.3) is 0 Å². The number of carbonyl (C=O) groups excluding carboxylic acids is 2. The van der Waals surface area contributed by atoms with E-state index in [0.717, 1.165) is 50.5 Å². The van der Waals surface area contributed by atoms with Crippen LogP contribution in [-0.2, 0) is 0 Å². The molecule has 7 nitrogen and oxygen atoms in total. The summed E-state index contributed by atoms with van der Waals surface area (Å²) in [6, 6.07) is 1.74. The SMILES string of the molecule is O=C(NCCCCNCCCNC(=O)c1[nH]c(Br)c(Br)c1Br)c1cc(Br)c(Br)[nH]1. The third kappa shape index (κ3) is 7.80. The highest BCUT2D eigenvalue weighted by molar-refractivity contribution is 9.14. The van der Waals surface area contributed by atoms with Gasteiger partial charge in [0.05, 0.1) is 22.6 Å². The number of aromatic nitrogens is 2. The first-order valence-corrected chi connectivity index (χ1v) is 12.8. The molecule has 0 saturated heterocycles. The average molecular weight is 726 g/mol. The minimum atomic E-state index is -0.153. The molecule has 2 aromatic rings. The molecule has 0 bridgehead atoms. The van der Waals surface area contributed by atoms with Gasteiger partial charge >= 0.3 is 0 Å². The fraction of sp³-hybridized carbons (Fsp3) is 0.412. The number of aromatic amines is 2. The van der Waals surface area contributed by atoms with E-state index in [4.69, 9.17) is 0 Å². The van der Waals surface area contributed by atoms with Crippen LogP contribution in [0.3, 0.4) is 0 Å². The van der Waals surface area contributed by atoms with Crippen molar-refractivity contribution in [3.05, 3.63) is 40.1 Å². The lowest BCUT2D eigenvalue weighted by molar-refractivity contribution is 0.0939. The second-order valence-corrected chi connectivity index (χ2v) is 10.1. The zero-order valence-electron chi connectivity index (χ0n) is 15.2. The van der Waals surface area contributed by atoms with Gasteiger partial charge in [-0.25, -0.2) is 0 Å². The summed E-state index contributed by atoms with van der Waals surface area (Å²) in [5.41, 5.74) is 1.01. The zero-order chi connectivity index (χ0) is 21.4. The number of amides is 2. The summed E-state index contributed by atoms with van der Waals surface area (Å²) in [5.74, 6) is -0.270. The zero-order valence-corrected chi connectivity index (χ0v) is 23.2. The molecule has 0 saturated carbocycles. The molecule has 2 rings (SSSR count). The fourth-order valence-corrected chi connectivity index (χ4v) is 4.50. The van der Waals surface area contributed by atoms with Crippen molar-refractivity contribution in [1.29, 1.82) is 0 Å². The van der Waals surface area contributed by atoms with Crippen molar-refractivity contribution in [1.82, 2.24) is 25.9 Å². The molecule has 0 radical (unpaired) electrons. The Kier molecular flexibility index (Phi) is 11.0. The lowest BCUT2D eigenvalue weighted by Crippen LogP contribution is -2.28. The Morgan fingerprint density at radius 2 is 1.38 bits per heavy atom. The van der Waals surface area contributed by atoms with E-state index in [1.807, 2.05) is 0 Å². The Bertz CT molecular complexity index is 832. The van der Waals surface area contributed by atoms with Crippen LogP contribution in [0.15, 0.2) is 28.7 Å². The topological polar surface area (TPSA) is 102 Å². The predicted molar refractivity (Wildman–Crippen MR) is 131 cm³/mol. The van der Waals surface area contributed by atoms with Crippen molar-refractivity contribution in [2.75, 3.05) is 26.2 Å². The van der Waals surface area contributed by atoms with Crippen LogP contribution >= 0.6 is 79.6 Å².